The molecular weight excluding hydrogens is 214 g/mol. The highest BCUT2D eigenvalue weighted by atomic mass is 16.5. The molecule has 0 amide bonds. The average molecular weight is 231 g/mol. The zero-order valence-electron chi connectivity index (χ0n) is 10.3. The second-order valence-electron chi connectivity index (χ2n) is 4.95. The summed E-state index contributed by atoms with van der Waals surface area (Å²) < 4.78 is 5.86. The van der Waals surface area contributed by atoms with Crippen molar-refractivity contribution in [2.45, 2.75) is 38.9 Å². The molecule has 1 aliphatic rings. The molecule has 90 valence electrons. The topological polar surface area (TPSA) is 50.8 Å². The van der Waals surface area contributed by atoms with E-state index in [1.807, 2.05) is 12.3 Å². The first-order valence-corrected chi connectivity index (χ1v) is 6.12. The van der Waals surface area contributed by atoms with Crippen molar-refractivity contribution in [1.82, 2.24) is 15.0 Å². The van der Waals surface area contributed by atoms with Crippen molar-refractivity contribution in [2.24, 2.45) is 5.92 Å². The van der Waals surface area contributed by atoms with Gasteiger partial charge in [0.25, 0.3) is 0 Å². The number of pyridine rings is 1. The van der Waals surface area contributed by atoms with E-state index >= 15 is 0 Å². The predicted octanol–water partition coefficient (Wildman–Crippen LogP) is 2.48. The van der Waals surface area contributed by atoms with Gasteiger partial charge in [0, 0.05) is 12.1 Å². The van der Waals surface area contributed by atoms with Crippen molar-refractivity contribution in [2.75, 3.05) is 0 Å². The third kappa shape index (κ3) is 1.63. The maximum absolute atomic E-state index is 5.86. The number of imidazole rings is 1. The van der Waals surface area contributed by atoms with Crippen LogP contribution < -0.4 is 0 Å². The molecule has 0 aliphatic carbocycles. The van der Waals surface area contributed by atoms with Gasteiger partial charge in [0.2, 0.25) is 0 Å². The van der Waals surface area contributed by atoms with Crippen LogP contribution in [0.5, 0.6) is 0 Å². The molecule has 17 heavy (non-hydrogen) atoms. The number of hydrogen-bond acceptors (Lipinski definition) is 3. The van der Waals surface area contributed by atoms with Crippen LogP contribution in [0.4, 0.5) is 0 Å². The van der Waals surface area contributed by atoms with Crippen LogP contribution >= 0.6 is 0 Å². The summed E-state index contributed by atoms with van der Waals surface area (Å²) in [5.74, 6) is 1.85. The number of nitrogens with zero attached hydrogens (tertiary/aromatic N) is 2. The van der Waals surface area contributed by atoms with Crippen molar-refractivity contribution >= 4 is 11.0 Å². The second kappa shape index (κ2) is 3.81. The molecule has 0 saturated carbocycles. The summed E-state index contributed by atoms with van der Waals surface area (Å²) in [6.07, 6.45) is 4.10. The molecule has 4 heteroatoms. The summed E-state index contributed by atoms with van der Waals surface area (Å²) in [6.45, 7) is 6.48. The SMILES string of the molecule is CC1OC(C)C(c2nc3ccncc3[nH]2)C1C. The smallest absolute Gasteiger partial charge is 0.113 e. The van der Waals surface area contributed by atoms with E-state index in [4.69, 9.17) is 4.74 Å². The Kier molecular flexibility index (Phi) is 2.40. The molecular formula is C13H17N3O. The van der Waals surface area contributed by atoms with E-state index < -0.39 is 0 Å². The molecule has 4 nitrogen and oxygen atoms in total. The lowest BCUT2D eigenvalue weighted by Gasteiger charge is -2.15. The Balaban J connectivity index is 2.03. The summed E-state index contributed by atoms with van der Waals surface area (Å²) in [5.41, 5.74) is 1.98. The van der Waals surface area contributed by atoms with Gasteiger partial charge < -0.3 is 9.72 Å². The zero-order valence-corrected chi connectivity index (χ0v) is 10.3. The Morgan fingerprint density at radius 1 is 1.24 bits per heavy atom. The Labute approximate surface area is 100 Å². The first kappa shape index (κ1) is 10.7. The van der Waals surface area contributed by atoms with E-state index in [0.717, 1.165) is 16.9 Å². The van der Waals surface area contributed by atoms with Crippen LogP contribution in [0.3, 0.4) is 0 Å². The van der Waals surface area contributed by atoms with Gasteiger partial charge >= 0.3 is 0 Å². The first-order valence-electron chi connectivity index (χ1n) is 6.12. The van der Waals surface area contributed by atoms with Gasteiger partial charge in [-0.1, -0.05) is 6.92 Å². The average Bonchev–Trinajstić information content (AvgIpc) is 2.81. The normalized spacial score (nSPS) is 33.4. The number of rotatable bonds is 1. The summed E-state index contributed by atoms with van der Waals surface area (Å²) in [4.78, 5) is 12.1. The number of hydrogen-bond donors (Lipinski definition) is 1. The minimum atomic E-state index is 0.216. The third-order valence-corrected chi connectivity index (χ3v) is 3.86. The number of aromatic nitrogens is 3. The first-order chi connectivity index (χ1) is 8.16. The molecule has 1 fully saturated rings. The molecule has 0 aromatic carbocycles. The highest BCUT2D eigenvalue weighted by Gasteiger charge is 2.39. The molecule has 4 atom stereocenters. The lowest BCUT2D eigenvalue weighted by Crippen LogP contribution is -2.16. The molecule has 3 heterocycles. The molecule has 4 unspecified atom stereocenters. The highest BCUT2D eigenvalue weighted by molar-refractivity contribution is 5.73. The predicted molar refractivity (Wildman–Crippen MR) is 65.8 cm³/mol. The van der Waals surface area contributed by atoms with Gasteiger partial charge in [-0.05, 0) is 25.8 Å². The lowest BCUT2D eigenvalue weighted by molar-refractivity contribution is 0.0554. The monoisotopic (exact) mass is 231 g/mol. The number of fused-ring (bicyclic) bond motifs is 1. The van der Waals surface area contributed by atoms with E-state index in [-0.39, 0.29) is 6.10 Å². The van der Waals surface area contributed by atoms with Crippen LogP contribution in [-0.4, -0.2) is 27.2 Å². The number of nitrogens with one attached hydrogen (secondary N) is 1. The van der Waals surface area contributed by atoms with Crippen LogP contribution in [0, 0.1) is 5.92 Å². The van der Waals surface area contributed by atoms with Crippen LogP contribution in [-0.2, 0) is 4.74 Å². The second-order valence-corrected chi connectivity index (χ2v) is 4.95. The molecule has 1 N–H and O–H groups in total. The molecule has 2 aromatic rings. The van der Waals surface area contributed by atoms with Crippen molar-refractivity contribution in [3.05, 3.63) is 24.3 Å². The van der Waals surface area contributed by atoms with Crippen molar-refractivity contribution in [3.63, 3.8) is 0 Å². The fourth-order valence-corrected chi connectivity index (χ4v) is 2.77. The quantitative estimate of drug-likeness (QED) is 0.820. The molecule has 0 bridgehead atoms. The zero-order chi connectivity index (χ0) is 12.0. The van der Waals surface area contributed by atoms with E-state index in [1.54, 1.807) is 6.20 Å². The molecule has 1 aliphatic heterocycles. The van der Waals surface area contributed by atoms with Gasteiger partial charge in [-0.2, -0.15) is 0 Å². The van der Waals surface area contributed by atoms with Crippen molar-refractivity contribution < 1.29 is 4.74 Å². The van der Waals surface area contributed by atoms with Crippen LogP contribution in [0.1, 0.15) is 32.5 Å². The maximum Gasteiger partial charge on any atom is 0.113 e. The number of ether oxygens (including phenoxy) is 1. The minimum absolute atomic E-state index is 0.216. The Morgan fingerprint density at radius 3 is 2.71 bits per heavy atom. The Morgan fingerprint density at radius 2 is 2.06 bits per heavy atom. The fraction of sp³-hybridized carbons (Fsp3) is 0.538. The summed E-state index contributed by atoms with van der Waals surface area (Å²) in [5, 5.41) is 0. The van der Waals surface area contributed by atoms with Gasteiger partial charge in [-0.25, -0.2) is 4.98 Å². The van der Waals surface area contributed by atoms with E-state index in [9.17, 15) is 0 Å². The summed E-state index contributed by atoms with van der Waals surface area (Å²) >= 11 is 0. The summed E-state index contributed by atoms with van der Waals surface area (Å²) in [6, 6.07) is 1.93. The van der Waals surface area contributed by atoms with Gasteiger partial charge in [0.1, 0.15) is 5.82 Å². The van der Waals surface area contributed by atoms with Crippen LogP contribution in [0.25, 0.3) is 11.0 Å². The van der Waals surface area contributed by atoms with Gasteiger partial charge in [-0.3, -0.25) is 4.98 Å². The fourth-order valence-electron chi connectivity index (χ4n) is 2.77. The molecule has 0 spiro atoms. The number of H-pyrrole nitrogens is 1. The highest BCUT2D eigenvalue weighted by Crippen LogP contribution is 2.38. The van der Waals surface area contributed by atoms with Crippen LogP contribution in [0.15, 0.2) is 18.5 Å². The van der Waals surface area contributed by atoms with E-state index in [0.29, 0.717) is 17.9 Å². The molecule has 0 radical (unpaired) electrons. The molecule has 1 saturated heterocycles. The largest absolute Gasteiger partial charge is 0.374 e. The lowest BCUT2D eigenvalue weighted by atomic mass is 9.89. The van der Waals surface area contributed by atoms with Crippen LogP contribution in [0.2, 0.25) is 0 Å². The Bertz CT molecular complexity index is 503. The number of aromatic amines is 1. The maximum atomic E-state index is 5.86. The summed E-state index contributed by atoms with van der Waals surface area (Å²) in [7, 11) is 0. The Hall–Kier alpha value is -1.42. The van der Waals surface area contributed by atoms with Crippen molar-refractivity contribution in [1.29, 1.82) is 0 Å². The van der Waals surface area contributed by atoms with E-state index in [2.05, 4.69) is 35.7 Å². The third-order valence-electron chi connectivity index (χ3n) is 3.86. The van der Waals surface area contributed by atoms with Gasteiger partial charge in [0.05, 0.1) is 29.4 Å². The standard InChI is InChI=1S/C13H17N3O/c1-7-8(2)17-9(3)12(7)13-15-10-4-5-14-6-11(10)16-13/h4-9,12H,1-3H3,(H,15,16). The minimum Gasteiger partial charge on any atom is -0.374 e. The van der Waals surface area contributed by atoms with E-state index in [1.165, 1.54) is 0 Å². The van der Waals surface area contributed by atoms with Crippen molar-refractivity contribution in [3.8, 4) is 0 Å². The van der Waals surface area contributed by atoms with Gasteiger partial charge in [-0.15, -0.1) is 0 Å². The molecule has 2 aromatic heterocycles. The molecule has 3 rings (SSSR count). The van der Waals surface area contributed by atoms with Gasteiger partial charge in [0.15, 0.2) is 0 Å².